The molecular formula is C34H30N2O6. The quantitative estimate of drug-likeness (QED) is 0.171. The molecule has 0 saturated carbocycles. The highest BCUT2D eigenvalue weighted by Gasteiger charge is 2.16. The van der Waals surface area contributed by atoms with Crippen LogP contribution in [-0.2, 0) is 4.79 Å². The van der Waals surface area contributed by atoms with Crippen LogP contribution in [-0.4, -0.2) is 38.9 Å². The maximum Gasteiger partial charge on any atom is 0.272 e. The highest BCUT2D eigenvalue weighted by Crippen LogP contribution is 2.28. The number of hydrogen-bond acceptors (Lipinski definition) is 6. The van der Waals surface area contributed by atoms with Crippen LogP contribution in [0.2, 0.25) is 0 Å². The maximum absolute atomic E-state index is 13.3. The Kier molecular flexibility index (Phi) is 9.88. The summed E-state index contributed by atoms with van der Waals surface area (Å²) in [7, 11) is 4.64. The second kappa shape index (κ2) is 14.1. The summed E-state index contributed by atoms with van der Waals surface area (Å²) in [5.41, 5.74) is 2.78. The topological polar surface area (TPSA) is 103 Å². The number of rotatable bonds is 11. The van der Waals surface area contributed by atoms with Crippen molar-refractivity contribution in [3.05, 3.63) is 131 Å². The van der Waals surface area contributed by atoms with Crippen LogP contribution in [0.15, 0.2) is 109 Å². The Hall–Kier alpha value is -5.63. The van der Waals surface area contributed by atoms with E-state index < -0.39 is 11.8 Å². The largest absolute Gasteiger partial charge is 0.497 e. The van der Waals surface area contributed by atoms with Crippen LogP contribution in [0.25, 0.3) is 12.2 Å². The van der Waals surface area contributed by atoms with E-state index in [-0.39, 0.29) is 11.5 Å². The Labute approximate surface area is 244 Å². The van der Waals surface area contributed by atoms with Crippen molar-refractivity contribution < 1.29 is 28.6 Å². The predicted molar refractivity (Wildman–Crippen MR) is 163 cm³/mol. The molecule has 0 aliphatic heterocycles. The molecule has 4 aromatic carbocycles. The van der Waals surface area contributed by atoms with E-state index in [1.807, 2.05) is 24.3 Å². The second-order valence-corrected chi connectivity index (χ2v) is 8.99. The third kappa shape index (κ3) is 7.73. The van der Waals surface area contributed by atoms with Gasteiger partial charge in [0.15, 0.2) is 17.3 Å². The standard InChI is InChI=1S/C34H30N2O6/c1-40-28-17-9-23(10-18-28)11-19-30(37)25-13-15-27(16-14-25)35-34(39)29(36-33(38)26-7-5-4-6-8-26)21-24-12-20-31(41-2)32(22-24)42-3/h4-22H,1-3H3,(H,35,39)(H,36,38)/b19-11+,29-21-. The number of benzene rings is 4. The Morgan fingerprint density at radius 1 is 0.667 bits per heavy atom. The Morgan fingerprint density at radius 2 is 1.33 bits per heavy atom. The average molecular weight is 563 g/mol. The monoisotopic (exact) mass is 562 g/mol. The Bertz CT molecular complexity index is 1610. The molecule has 2 amide bonds. The first-order valence-electron chi connectivity index (χ1n) is 13.0. The molecule has 0 aliphatic rings. The van der Waals surface area contributed by atoms with Gasteiger partial charge in [-0.05, 0) is 83.9 Å². The zero-order valence-electron chi connectivity index (χ0n) is 23.4. The predicted octanol–water partition coefficient (Wildman–Crippen LogP) is 6.02. The van der Waals surface area contributed by atoms with Gasteiger partial charge in [-0.2, -0.15) is 0 Å². The van der Waals surface area contributed by atoms with Crippen LogP contribution in [0.1, 0.15) is 31.8 Å². The number of nitrogens with one attached hydrogen (secondary N) is 2. The lowest BCUT2D eigenvalue weighted by atomic mass is 10.1. The summed E-state index contributed by atoms with van der Waals surface area (Å²) in [6, 6.07) is 27.6. The molecule has 0 aliphatic carbocycles. The number of amides is 2. The summed E-state index contributed by atoms with van der Waals surface area (Å²) in [4.78, 5) is 38.9. The number of ketones is 1. The van der Waals surface area contributed by atoms with E-state index in [9.17, 15) is 14.4 Å². The zero-order valence-corrected chi connectivity index (χ0v) is 23.4. The number of anilines is 1. The lowest BCUT2D eigenvalue weighted by Crippen LogP contribution is -2.30. The van der Waals surface area contributed by atoms with Gasteiger partial charge >= 0.3 is 0 Å². The van der Waals surface area contributed by atoms with Crippen molar-refractivity contribution in [3.63, 3.8) is 0 Å². The van der Waals surface area contributed by atoms with Gasteiger partial charge in [0.25, 0.3) is 11.8 Å². The van der Waals surface area contributed by atoms with Crippen LogP contribution in [0.5, 0.6) is 17.2 Å². The van der Waals surface area contributed by atoms with Crippen molar-refractivity contribution in [2.24, 2.45) is 0 Å². The molecular weight excluding hydrogens is 532 g/mol. The molecule has 0 spiro atoms. The van der Waals surface area contributed by atoms with Gasteiger partial charge in [-0.15, -0.1) is 0 Å². The van der Waals surface area contributed by atoms with E-state index in [4.69, 9.17) is 14.2 Å². The van der Waals surface area contributed by atoms with Crippen molar-refractivity contribution >= 4 is 35.4 Å². The first-order chi connectivity index (χ1) is 20.4. The molecule has 8 nitrogen and oxygen atoms in total. The van der Waals surface area contributed by atoms with Crippen LogP contribution in [0, 0.1) is 0 Å². The molecule has 0 radical (unpaired) electrons. The molecule has 42 heavy (non-hydrogen) atoms. The van der Waals surface area contributed by atoms with Crippen molar-refractivity contribution in [2.45, 2.75) is 0 Å². The van der Waals surface area contributed by atoms with Crippen LogP contribution in [0.4, 0.5) is 5.69 Å². The average Bonchev–Trinajstić information content (AvgIpc) is 3.04. The number of carbonyl (C=O) groups excluding carboxylic acids is 3. The molecule has 4 aromatic rings. The summed E-state index contributed by atoms with van der Waals surface area (Å²) in [5, 5.41) is 5.49. The van der Waals surface area contributed by atoms with Gasteiger partial charge in [-0.3, -0.25) is 14.4 Å². The fourth-order valence-electron chi connectivity index (χ4n) is 3.95. The Balaban J connectivity index is 1.51. The van der Waals surface area contributed by atoms with Crippen LogP contribution < -0.4 is 24.8 Å². The molecule has 0 bridgehead atoms. The fourth-order valence-corrected chi connectivity index (χ4v) is 3.95. The molecule has 0 aromatic heterocycles. The number of carbonyl (C=O) groups is 3. The molecule has 0 saturated heterocycles. The summed E-state index contributed by atoms with van der Waals surface area (Å²) >= 11 is 0. The lowest BCUT2D eigenvalue weighted by molar-refractivity contribution is -0.113. The van der Waals surface area contributed by atoms with Crippen LogP contribution >= 0.6 is 0 Å². The molecule has 0 heterocycles. The van der Waals surface area contributed by atoms with E-state index >= 15 is 0 Å². The highest BCUT2D eigenvalue weighted by atomic mass is 16.5. The van der Waals surface area contributed by atoms with Gasteiger partial charge in [-0.25, -0.2) is 0 Å². The van der Waals surface area contributed by atoms with Gasteiger partial charge in [0.05, 0.1) is 21.3 Å². The third-order valence-corrected chi connectivity index (χ3v) is 6.22. The van der Waals surface area contributed by atoms with Crippen molar-refractivity contribution in [3.8, 4) is 17.2 Å². The van der Waals surface area contributed by atoms with Gasteiger partial charge in [0.1, 0.15) is 11.4 Å². The summed E-state index contributed by atoms with van der Waals surface area (Å²) in [5.74, 6) is 0.559. The Morgan fingerprint density at radius 3 is 1.98 bits per heavy atom. The van der Waals surface area contributed by atoms with E-state index in [1.165, 1.54) is 20.3 Å². The maximum atomic E-state index is 13.3. The van der Waals surface area contributed by atoms with E-state index in [0.29, 0.717) is 33.9 Å². The molecule has 0 unspecified atom stereocenters. The molecule has 212 valence electrons. The molecule has 4 rings (SSSR count). The second-order valence-electron chi connectivity index (χ2n) is 8.99. The van der Waals surface area contributed by atoms with Gasteiger partial charge < -0.3 is 24.8 Å². The third-order valence-electron chi connectivity index (χ3n) is 6.22. The smallest absolute Gasteiger partial charge is 0.272 e. The molecule has 2 N–H and O–H groups in total. The minimum Gasteiger partial charge on any atom is -0.497 e. The van der Waals surface area contributed by atoms with Crippen molar-refractivity contribution in [1.82, 2.24) is 5.32 Å². The van der Waals surface area contributed by atoms with Gasteiger partial charge in [-0.1, -0.05) is 42.5 Å². The zero-order chi connectivity index (χ0) is 29.9. The van der Waals surface area contributed by atoms with E-state index in [0.717, 1.165) is 11.3 Å². The minimum absolute atomic E-state index is 0.0126. The van der Waals surface area contributed by atoms with Crippen molar-refractivity contribution in [2.75, 3.05) is 26.6 Å². The lowest BCUT2D eigenvalue weighted by Gasteiger charge is -2.13. The summed E-state index contributed by atoms with van der Waals surface area (Å²) in [6.07, 6.45) is 4.75. The number of allylic oxidation sites excluding steroid dienone is 1. The SMILES string of the molecule is COc1ccc(/C=C/C(=O)c2ccc(NC(=O)/C(=C/c3ccc(OC)c(OC)c3)NC(=O)c3ccccc3)cc2)cc1. The first-order valence-corrected chi connectivity index (χ1v) is 13.0. The van der Waals surface area contributed by atoms with Gasteiger partial charge in [0, 0.05) is 16.8 Å². The van der Waals surface area contributed by atoms with Crippen LogP contribution in [0.3, 0.4) is 0 Å². The van der Waals surface area contributed by atoms with Gasteiger partial charge in [0.2, 0.25) is 0 Å². The summed E-state index contributed by atoms with van der Waals surface area (Å²) < 4.78 is 15.8. The number of ether oxygens (including phenoxy) is 3. The number of hydrogen-bond donors (Lipinski definition) is 2. The van der Waals surface area contributed by atoms with E-state index in [2.05, 4.69) is 10.6 Å². The normalized spacial score (nSPS) is 11.1. The number of methoxy groups -OCH3 is 3. The highest BCUT2D eigenvalue weighted by molar-refractivity contribution is 6.11. The minimum atomic E-state index is -0.549. The first kappa shape index (κ1) is 29.4. The molecule has 0 fully saturated rings. The molecule has 8 heteroatoms. The molecule has 0 atom stereocenters. The summed E-state index contributed by atoms with van der Waals surface area (Å²) in [6.45, 7) is 0. The van der Waals surface area contributed by atoms with E-state index in [1.54, 1.807) is 92.1 Å². The van der Waals surface area contributed by atoms with Crippen molar-refractivity contribution in [1.29, 1.82) is 0 Å². The fraction of sp³-hybridized carbons (Fsp3) is 0.0882.